The maximum Gasteiger partial charge on any atom is -0.109 e. The van der Waals surface area contributed by atoms with Gasteiger partial charge in [0.1, 0.15) is 0 Å². The van der Waals surface area contributed by atoms with Crippen molar-refractivity contribution < 1.29 is 29.8 Å². The Kier molecular flexibility index (Phi) is 62.2. The van der Waals surface area contributed by atoms with Crippen molar-refractivity contribution >= 4 is 13.1 Å². The molecule has 0 N–H and O–H groups in total. The minimum absolute atomic E-state index is 0. The SMILES string of the molecule is O=[C]=[Re](=[C]=O)=[C]=O.[C-]1=CC=CC1.[CH3-].[CH3-].[CH3-].[CH3-].[CH3-]. The van der Waals surface area contributed by atoms with Crippen LogP contribution in [0.15, 0.2) is 18.2 Å². The third-order valence-corrected chi connectivity index (χ3v) is 2.48. The van der Waals surface area contributed by atoms with Gasteiger partial charge >= 0.3 is 42.8 Å². The number of hydrogen-bond donors (Lipinski definition) is 0. The molecular weight excluding hydrogens is 390 g/mol. The first-order chi connectivity index (χ1) is 5.85. The van der Waals surface area contributed by atoms with Gasteiger partial charge in [-0.2, -0.15) is 6.08 Å². The van der Waals surface area contributed by atoms with E-state index in [0.29, 0.717) is 0 Å². The minimum atomic E-state index is -2.97. The summed E-state index contributed by atoms with van der Waals surface area (Å²) in [4.78, 5) is 28.2. The molecule has 1 rings (SSSR count). The zero-order chi connectivity index (χ0) is 9.23. The molecule has 0 aromatic heterocycles. The summed E-state index contributed by atoms with van der Waals surface area (Å²) in [5, 5.41) is 0. The fraction of sp³-hybridized carbons (Fsp3) is 0.0769. The van der Waals surface area contributed by atoms with Crippen LogP contribution in [-0.4, -0.2) is 13.1 Å². The quantitative estimate of drug-likeness (QED) is 0.576. The normalized spacial score (nSPS) is 7.29. The Bertz CT molecular complexity index is 342. The van der Waals surface area contributed by atoms with Gasteiger partial charge in [0, 0.05) is 0 Å². The molecule has 4 heteroatoms. The van der Waals surface area contributed by atoms with Crippen LogP contribution in [0.5, 0.6) is 0 Å². The van der Waals surface area contributed by atoms with Crippen molar-refractivity contribution in [1.29, 1.82) is 0 Å². The van der Waals surface area contributed by atoms with Crippen LogP contribution in [0.4, 0.5) is 0 Å². The summed E-state index contributed by atoms with van der Waals surface area (Å²) in [5.41, 5.74) is 0. The molecular formula is C13H20O3Re-6. The van der Waals surface area contributed by atoms with Crippen molar-refractivity contribution in [1.82, 2.24) is 0 Å². The Labute approximate surface area is 111 Å². The average Bonchev–Trinajstić information content (AvgIpc) is 2.64. The van der Waals surface area contributed by atoms with Gasteiger partial charge in [0.2, 0.25) is 0 Å². The van der Waals surface area contributed by atoms with E-state index in [2.05, 4.69) is 12.2 Å². The van der Waals surface area contributed by atoms with Crippen molar-refractivity contribution in [3.8, 4) is 0 Å². The van der Waals surface area contributed by atoms with Gasteiger partial charge in [0.05, 0.1) is 0 Å². The zero-order valence-electron chi connectivity index (χ0n) is 11.0. The molecule has 3 nitrogen and oxygen atoms in total. The molecule has 103 valence electrons. The van der Waals surface area contributed by atoms with E-state index in [9.17, 15) is 14.4 Å². The van der Waals surface area contributed by atoms with E-state index in [0.717, 1.165) is 6.42 Å². The summed E-state index contributed by atoms with van der Waals surface area (Å²) >= 11 is -2.97. The Morgan fingerprint density at radius 3 is 1.35 bits per heavy atom. The fourth-order valence-electron chi connectivity index (χ4n) is 0.387. The summed E-state index contributed by atoms with van der Waals surface area (Å²) < 4.78 is 3.87. The van der Waals surface area contributed by atoms with Crippen molar-refractivity contribution in [3.63, 3.8) is 0 Å². The summed E-state index contributed by atoms with van der Waals surface area (Å²) in [6, 6.07) is 0. The number of allylic oxidation sites excluding steroid dienone is 4. The molecule has 0 atom stereocenters. The topological polar surface area (TPSA) is 51.2 Å². The molecule has 1 aliphatic rings. The monoisotopic (exact) mass is 411 g/mol. The summed E-state index contributed by atoms with van der Waals surface area (Å²) in [5.74, 6) is 0. The fourth-order valence-corrected chi connectivity index (χ4v) is 0.727. The predicted molar refractivity (Wildman–Crippen MR) is 70.7 cm³/mol. The third kappa shape index (κ3) is 25.3. The summed E-state index contributed by atoms with van der Waals surface area (Å²) in [7, 11) is 0. The van der Waals surface area contributed by atoms with Gasteiger partial charge in [-0.05, 0) is 0 Å². The Morgan fingerprint density at radius 1 is 0.882 bits per heavy atom. The van der Waals surface area contributed by atoms with Crippen LogP contribution >= 0.6 is 0 Å². The predicted octanol–water partition coefficient (Wildman–Crippen LogP) is 2.36. The van der Waals surface area contributed by atoms with E-state index < -0.39 is 15.4 Å². The number of carbonyl (C=O) groups excluding carboxylic acids is 3. The first-order valence-corrected chi connectivity index (χ1v) is 6.97. The van der Waals surface area contributed by atoms with E-state index in [1.807, 2.05) is 12.2 Å². The van der Waals surface area contributed by atoms with Gasteiger partial charge in [0.15, 0.2) is 0 Å². The van der Waals surface area contributed by atoms with Crippen molar-refractivity contribution in [2.24, 2.45) is 0 Å². The first kappa shape index (κ1) is 36.0. The standard InChI is InChI=1S/C5H5.3CO.5CH3.Re/c1-2-4-5-3-1;3*1-2;;;;;;/h1-3H,4H2;;;;5*1H3;/q-1;;;;5*-1;. The molecule has 0 saturated heterocycles. The van der Waals surface area contributed by atoms with Gasteiger partial charge < -0.3 is 37.1 Å². The van der Waals surface area contributed by atoms with Crippen LogP contribution in [0.2, 0.25) is 0 Å². The molecule has 0 radical (unpaired) electrons. The Balaban J connectivity index is -0.0000000280. The third-order valence-electron chi connectivity index (χ3n) is 0.817. The average molecular weight is 411 g/mol. The molecule has 0 spiro atoms. The maximum absolute atomic E-state index is 9.40. The molecule has 0 aliphatic heterocycles. The molecule has 0 amide bonds. The number of rotatable bonds is 0. The van der Waals surface area contributed by atoms with Gasteiger partial charge in [-0.25, -0.2) is 12.2 Å². The minimum Gasteiger partial charge on any atom is -0.358 e. The van der Waals surface area contributed by atoms with Gasteiger partial charge in [-0.15, -0.1) is 6.42 Å². The van der Waals surface area contributed by atoms with E-state index in [1.165, 1.54) is 13.1 Å². The summed E-state index contributed by atoms with van der Waals surface area (Å²) in [6.45, 7) is 0. The molecule has 17 heavy (non-hydrogen) atoms. The van der Waals surface area contributed by atoms with E-state index in [4.69, 9.17) is 0 Å². The van der Waals surface area contributed by atoms with Crippen LogP contribution in [0.3, 0.4) is 0 Å². The second-order valence-electron chi connectivity index (χ2n) is 1.52. The molecule has 0 aromatic rings. The second kappa shape index (κ2) is 29.4. The van der Waals surface area contributed by atoms with Crippen molar-refractivity contribution in [2.75, 3.05) is 0 Å². The zero-order valence-corrected chi connectivity index (χ0v) is 13.8. The Morgan fingerprint density at radius 2 is 1.29 bits per heavy atom. The molecule has 0 heterocycles. The molecule has 0 bridgehead atoms. The van der Waals surface area contributed by atoms with E-state index in [-0.39, 0.29) is 37.1 Å². The first-order valence-electron chi connectivity index (χ1n) is 2.90. The van der Waals surface area contributed by atoms with Crippen LogP contribution in [0.1, 0.15) is 6.42 Å². The Hall–Kier alpha value is -1.12. The molecule has 0 aromatic carbocycles. The van der Waals surface area contributed by atoms with E-state index in [1.54, 1.807) is 0 Å². The molecule has 0 saturated carbocycles. The molecule has 0 unspecified atom stereocenters. The van der Waals surface area contributed by atoms with Gasteiger partial charge in [-0.1, -0.05) is 0 Å². The van der Waals surface area contributed by atoms with Crippen molar-refractivity contribution in [3.05, 3.63) is 61.4 Å². The summed E-state index contributed by atoms with van der Waals surface area (Å²) in [6.07, 6.45) is 10.0. The van der Waals surface area contributed by atoms with Crippen LogP contribution < -0.4 is 0 Å². The van der Waals surface area contributed by atoms with Crippen LogP contribution in [0.25, 0.3) is 0 Å². The largest absolute Gasteiger partial charge is 0.358 e. The number of hydrogen-bond acceptors (Lipinski definition) is 3. The van der Waals surface area contributed by atoms with Crippen LogP contribution in [0, 0.1) is 43.2 Å². The van der Waals surface area contributed by atoms with Gasteiger partial charge in [-0.3, -0.25) is 6.08 Å². The van der Waals surface area contributed by atoms with E-state index >= 15 is 0 Å². The molecule has 1 aliphatic carbocycles. The van der Waals surface area contributed by atoms with Gasteiger partial charge in [0.25, 0.3) is 0 Å². The van der Waals surface area contributed by atoms with Crippen LogP contribution in [-0.2, 0) is 29.8 Å². The molecule has 0 fully saturated rings. The maximum atomic E-state index is 9.40. The smallest absolute Gasteiger partial charge is 0.109 e. The second-order valence-corrected chi connectivity index (χ2v) is 5.22. The van der Waals surface area contributed by atoms with Crippen molar-refractivity contribution in [2.45, 2.75) is 6.42 Å².